The Morgan fingerprint density at radius 3 is 2.61 bits per heavy atom. The van der Waals surface area contributed by atoms with Crippen LogP contribution in [0.3, 0.4) is 0 Å². The maximum atomic E-state index is 13.5. The quantitative estimate of drug-likeness (QED) is 0.822. The van der Waals surface area contributed by atoms with Crippen LogP contribution in [-0.4, -0.2) is 50.1 Å². The number of anilines is 1. The SMILES string of the molecule is CN1C(=O)[C@](CC(=O)N2CCCOCC2)(Cc2ccccc2)c2ccccc21. The first kappa shape index (κ1) is 18.7. The first-order valence-electron chi connectivity index (χ1n) is 9.89. The molecule has 4 rings (SSSR count). The molecule has 0 aromatic heterocycles. The van der Waals surface area contributed by atoms with E-state index in [9.17, 15) is 9.59 Å². The second-order valence-corrected chi connectivity index (χ2v) is 7.65. The molecule has 1 saturated heterocycles. The lowest BCUT2D eigenvalue weighted by atomic mass is 9.73. The fourth-order valence-electron chi connectivity index (χ4n) is 4.43. The fourth-order valence-corrected chi connectivity index (χ4v) is 4.43. The number of hydrogen-bond donors (Lipinski definition) is 0. The molecule has 1 atom stereocenters. The fraction of sp³-hybridized carbons (Fsp3) is 0.391. The molecule has 0 spiro atoms. The zero-order chi connectivity index (χ0) is 19.6. The molecule has 1 fully saturated rings. The topological polar surface area (TPSA) is 49.9 Å². The van der Waals surface area contributed by atoms with Gasteiger partial charge in [0.05, 0.1) is 12.0 Å². The first-order valence-corrected chi connectivity index (χ1v) is 9.89. The summed E-state index contributed by atoms with van der Waals surface area (Å²) in [6.45, 7) is 2.52. The van der Waals surface area contributed by atoms with Crippen molar-refractivity contribution in [3.63, 3.8) is 0 Å². The highest BCUT2D eigenvalue weighted by Gasteiger charge is 2.51. The van der Waals surface area contributed by atoms with Crippen molar-refractivity contribution in [1.82, 2.24) is 4.90 Å². The van der Waals surface area contributed by atoms with Crippen LogP contribution in [0.2, 0.25) is 0 Å². The number of carbonyl (C=O) groups is 2. The number of para-hydroxylation sites is 1. The molecule has 2 aromatic carbocycles. The van der Waals surface area contributed by atoms with Gasteiger partial charge in [-0.1, -0.05) is 48.5 Å². The number of nitrogens with zero attached hydrogens (tertiary/aromatic N) is 2. The van der Waals surface area contributed by atoms with Gasteiger partial charge in [-0.3, -0.25) is 9.59 Å². The molecule has 2 aliphatic heterocycles. The third kappa shape index (κ3) is 3.31. The van der Waals surface area contributed by atoms with Crippen LogP contribution in [0.15, 0.2) is 54.6 Å². The molecule has 0 N–H and O–H groups in total. The summed E-state index contributed by atoms with van der Waals surface area (Å²) >= 11 is 0. The van der Waals surface area contributed by atoms with E-state index in [-0.39, 0.29) is 18.2 Å². The molecule has 0 saturated carbocycles. The summed E-state index contributed by atoms with van der Waals surface area (Å²) in [5, 5.41) is 0. The monoisotopic (exact) mass is 378 g/mol. The number of fused-ring (bicyclic) bond motifs is 1. The molecule has 0 unspecified atom stereocenters. The Bertz CT molecular complexity index is 859. The number of hydrogen-bond acceptors (Lipinski definition) is 3. The van der Waals surface area contributed by atoms with Gasteiger partial charge in [0.2, 0.25) is 11.8 Å². The van der Waals surface area contributed by atoms with Gasteiger partial charge in [0, 0.05) is 38.9 Å². The van der Waals surface area contributed by atoms with Crippen LogP contribution in [0.25, 0.3) is 0 Å². The van der Waals surface area contributed by atoms with Gasteiger partial charge in [0.15, 0.2) is 0 Å². The van der Waals surface area contributed by atoms with Crippen LogP contribution < -0.4 is 4.90 Å². The molecule has 2 amide bonds. The van der Waals surface area contributed by atoms with Crippen molar-refractivity contribution in [1.29, 1.82) is 0 Å². The maximum absolute atomic E-state index is 13.5. The van der Waals surface area contributed by atoms with E-state index in [4.69, 9.17) is 4.74 Å². The molecule has 0 bridgehead atoms. The van der Waals surface area contributed by atoms with Crippen molar-refractivity contribution in [2.45, 2.75) is 24.7 Å². The highest BCUT2D eigenvalue weighted by molar-refractivity contribution is 6.09. The largest absolute Gasteiger partial charge is 0.380 e. The Hall–Kier alpha value is -2.66. The number of ether oxygens (including phenoxy) is 1. The Morgan fingerprint density at radius 1 is 1.04 bits per heavy atom. The van der Waals surface area contributed by atoms with E-state index in [1.807, 2.05) is 59.5 Å². The standard InChI is InChI=1S/C23H26N2O3/c1-24-20-11-6-5-10-19(20)23(22(24)27,16-18-8-3-2-4-9-18)17-21(26)25-12-7-14-28-15-13-25/h2-6,8-11H,7,12-17H2,1H3/t23-/m0/s1. The molecular weight excluding hydrogens is 352 g/mol. The summed E-state index contributed by atoms with van der Waals surface area (Å²) < 4.78 is 5.49. The predicted molar refractivity (Wildman–Crippen MR) is 108 cm³/mol. The highest BCUT2D eigenvalue weighted by Crippen LogP contribution is 2.45. The maximum Gasteiger partial charge on any atom is 0.238 e. The average Bonchev–Trinajstić information content (AvgIpc) is 2.93. The number of benzene rings is 2. The van der Waals surface area contributed by atoms with Crippen molar-refractivity contribution in [2.75, 3.05) is 38.3 Å². The lowest BCUT2D eigenvalue weighted by molar-refractivity contribution is -0.136. The molecule has 146 valence electrons. The van der Waals surface area contributed by atoms with E-state index in [1.165, 1.54) is 0 Å². The minimum atomic E-state index is -0.864. The van der Waals surface area contributed by atoms with Crippen LogP contribution in [0.1, 0.15) is 24.0 Å². The minimum Gasteiger partial charge on any atom is -0.380 e. The molecule has 5 heteroatoms. The zero-order valence-electron chi connectivity index (χ0n) is 16.3. The smallest absolute Gasteiger partial charge is 0.238 e. The normalized spacial score (nSPS) is 22.1. The van der Waals surface area contributed by atoms with Gasteiger partial charge in [-0.15, -0.1) is 0 Å². The van der Waals surface area contributed by atoms with Crippen molar-refractivity contribution in [3.05, 3.63) is 65.7 Å². The van der Waals surface area contributed by atoms with E-state index in [0.29, 0.717) is 32.7 Å². The Kier molecular flexibility index (Phi) is 5.18. The Labute approximate surface area is 165 Å². The average molecular weight is 378 g/mol. The summed E-state index contributed by atoms with van der Waals surface area (Å²) in [6.07, 6.45) is 1.54. The molecule has 28 heavy (non-hydrogen) atoms. The van der Waals surface area contributed by atoms with Crippen LogP contribution in [0.4, 0.5) is 5.69 Å². The number of rotatable bonds is 4. The summed E-state index contributed by atoms with van der Waals surface area (Å²) in [5.74, 6) is 0.0249. The molecule has 2 heterocycles. The third-order valence-electron chi connectivity index (χ3n) is 5.87. The van der Waals surface area contributed by atoms with Gasteiger partial charge < -0.3 is 14.5 Å². The second-order valence-electron chi connectivity index (χ2n) is 7.65. The lowest BCUT2D eigenvalue weighted by Crippen LogP contribution is -2.46. The number of likely N-dealkylation sites (N-methyl/N-ethyl adjacent to an activating group) is 1. The molecule has 2 aliphatic rings. The number of carbonyl (C=O) groups excluding carboxylic acids is 2. The van der Waals surface area contributed by atoms with Gasteiger partial charge in [-0.2, -0.15) is 0 Å². The van der Waals surface area contributed by atoms with E-state index >= 15 is 0 Å². The lowest BCUT2D eigenvalue weighted by Gasteiger charge is -2.31. The third-order valence-corrected chi connectivity index (χ3v) is 5.87. The summed E-state index contributed by atoms with van der Waals surface area (Å²) in [4.78, 5) is 30.3. The summed E-state index contributed by atoms with van der Waals surface area (Å²) in [6, 6.07) is 17.8. The Morgan fingerprint density at radius 2 is 1.79 bits per heavy atom. The summed E-state index contributed by atoms with van der Waals surface area (Å²) in [5.41, 5.74) is 2.05. The van der Waals surface area contributed by atoms with Gasteiger partial charge in [0.1, 0.15) is 0 Å². The van der Waals surface area contributed by atoms with Gasteiger partial charge in [-0.25, -0.2) is 0 Å². The van der Waals surface area contributed by atoms with Crippen LogP contribution >= 0.6 is 0 Å². The van der Waals surface area contributed by atoms with Crippen LogP contribution in [0, 0.1) is 0 Å². The predicted octanol–water partition coefficient (Wildman–Crippen LogP) is 2.78. The van der Waals surface area contributed by atoms with E-state index < -0.39 is 5.41 Å². The molecular formula is C23H26N2O3. The van der Waals surface area contributed by atoms with Gasteiger partial charge >= 0.3 is 0 Å². The summed E-state index contributed by atoms with van der Waals surface area (Å²) in [7, 11) is 1.80. The van der Waals surface area contributed by atoms with Crippen LogP contribution in [0.5, 0.6) is 0 Å². The van der Waals surface area contributed by atoms with E-state index in [1.54, 1.807) is 11.9 Å². The van der Waals surface area contributed by atoms with Gasteiger partial charge in [0.25, 0.3) is 0 Å². The van der Waals surface area contributed by atoms with E-state index in [2.05, 4.69) is 0 Å². The van der Waals surface area contributed by atoms with Crippen molar-refractivity contribution in [2.24, 2.45) is 0 Å². The zero-order valence-corrected chi connectivity index (χ0v) is 16.3. The van der Waals surface area contributed by atoms with Gasteiger partial charge in [-0.05, 0) is 30.0 Å². The van der Waals surface area contributed by atoms with Crippen molar-refractivity contribution in [3.8, 4) is 0 Å². The van der Waals surface area contributed by atoms with E-state index in [0.717, 1.165) is 23.2 Å². The first-order chi connectivity index (χ1) is 13.6. The molecule has 0 aliphatic carbocycles. The molecule has 2 aromatic rings. The second kappa shape index (κ2) is 7.76. The molecule has 5 nitrogen and oxygen atoms in total. The molecule has 0 radical (unpaired) electrons. The van der Waals surface area contributed by atoms with Crippen LogP contribution in [-0.2, 0) is 26.2 Å². The Balaban J connectivity index is 1.72. The highest BCUT2D eigenvalue weighted by atomic mass is 16.5. The number of amides is 2. The minimum absolute atomic E-state index is 0.00280. The van der Waals surface area contributed by atoms with Crippen molar-refractivity contribution >= 4 is 17.5 Å². The van der Waals surface area contributed by atoms with Crippen molar-refractivity contribution < 1.29 is 14.3 Å².